The van der Waals surface area contributed by atoms with E-state index in [4.69, 9.17) is 0 Å². The van der Waals surface area contributed by atoms with Crippen LogP contribution in [-0.4, -0.2) is 18.2 Å². The van der Waals surface area contributed by atoms with E-state index in [1.807, 2.05) is 25.3 Å². The van der Waals surface area contributed by atoms with E-state index in [9.17, 15) is 9.59 Å². The summed E-state index contributed by atoms with van der Waals surface area (Å²) in [5, 5.41) is 4.47. The van der Waals surface area contributed by atoms with Crippen molar-refractivity contribution < 1.29 is 9.59 Å². The monoisotopic (exact) mass is 225 g/mol. The van der Waals surface area contributed by atoms with Crippen molar-refractivity contribution >= 4 is 23.0 Å². The number of rotatable bonds is 5. The Labute approximate surface area is 93.5 Å². The fourth-order valence-corrected chi connectivity index (χ4v) is 1.81. The second-order valence-electron chi connectivity index (χ2n) is 3.78. The number of ketones is 1. The Morgan fingerprint density at radius 2 is 2.20 bits per heavy atom. The van der Waals surface area contributed by atoms with Crippen molar-refractivity contribution in [1.82, 2.24) is 5.32 Å². The molecular formula is C11H15NO2S. The minimum Gasteiger partial charge on any atom is -0.349 e. The molecule has 1 rings (SSSR count). The predicted octanol–water partition coefficient (Wildman–Crippen LogP) is 2.09. The summed E-state index contributed by atoms with van der Waals surface area (Å²) in [7, 11) is 0. The number of Topliss-reactive ketones (excluding diaryl/α,β-unsaturated/α-hetero) is 1. The highest BCUT2D eigenvalue weighted by molar-refractivity contribution is 7.12. The van der Waals surface area contributed by atoms with Gasteiger partial charge in [0.2, 0.25) is 5.91 Å². The van der Waals surface area contributed by atoms with Crippen LogP contribution in [0.1, 0.15) is 29.9 Å². The van der Waals surface area contributed by atoms with Gasteiger partial charge in [-0.25, -0.2) is 0 Å². The van der Waals surface area contributed by atoms with Gasteiger partial charge in [0.15, 0.2) is 5.78 Å². The normalized spacial score (nSPS) is 10.3. The van der Waals surface area contributed by atoms with Crippen molar-refractivity contribution in [3.8, 4) is 0 Å². The largest absolute Gasteiger partial charge is 0.349 e. The van der Waals surface area contributed by atoms with Gasteiger partial charge in [-0.1, -0.05) is 19.9 Å². The number of nitrogens with one attached hydrogen (secondary N) is 1. The third-order valence-electron chi connectivity index (χ3n) is 1.84. The fraction of sp³-hybridized carbons (Fsp3) is 0.455. The number of hydrogen-bond donors (Lipinski definition) is 1. The van der Waals surface area contributed by atoms with E-state index < -0.39 is 0 Å². The van der Waals surface area contributed by atoms with Gasteiger partial charge in [0.1, 0.15) is 0 Å². The molecule has 0 saturated heterocycles. The number of amides is 1. The van der Waals surface area contributed by atoms with Crippen LogP contribution in [0, 0.1) is 5.92 Å². The van der Waals surface area contributed by atoms with Crippen LogP contribution in [0.25, 0.3) is 0 Å². The van der Waals surface area contributed by atoms with Crippen molar-refractivity contribution in [3.05, 3.63) is 22.4 Å². The third kappa shape index (κ3) is 4.25. The van der Waals surface area contributed by atoms with E-state index in [0.717, 1.165) is 0 Å². The Kier molecular flexibility index (Phi) is 4.49. The fourth-order valence-electron chi connectivity index (χ4n) is 1.15. The van der Waals surface area contributed by atoms with Crippen molar-refractivity contribution in [2.24, 2.45) is 5.92 Å². The van der Waals surface area contributed by atoms with Gasteiger partial charge in [0.25, 0.3) is 0 Å². The van der Waals surface area contributed by atoms with Gasteiger partial charge in [-0.2, -0.15) is 0 Å². The summed E-state index contributed by atoms with van der Waals surface area (Å²) in [6, 6.07) is 3.59. The Morgan fingerprint density at radius 1 is 1.47 bits per heavy atom. The molecule has 1 heterocycles. The first-order chi connectivity index (χ1) is 7.09. The molecule has 0 bridgehead atoms. The van der Waals surface area contributed by atoms with Gasteiger partial charge in [-0.3, -0.25) is 9.59 Å². The van der Waals surface area contributed by atoms with Crippen molar-refractivity contribution in [2.45, 2.75) is 20.3 Å². The van der Waals surface area contributed by atoms with Crippen LogP contribution in [0.15, 0.2) is 17.5 Å². The Hall–Kier alpha value is -1.16. The molecule has 0 unspecified atom stereocenters. The molecule has 4 heteroatoms. The molecule has 3 nitrogen and oxygen atoms in total. The molecule has 0 radical (unpaired) electrons. The summed E-state index contributed by atoms with van der Waals surface area (Å²) in [6.07, 6.45) is 0.470. The molecule has 1 amide bonds. The molecule has 0 atom stereocenters. The molecule has 1 aromatic rings. The lowest BCUT2D eigenvalue weighted by molar-refractivity contribution is -0.121. The summed E-state index contributed by atoms with van der Waals surface area (Å²) in [6.45, 7) is 4.05. The zero-order valence-corrected chi connectivity index (χ0v) is 9.76. The van der Waals surface area contributed by atoms with Gasteiger partial charge in [-0.15, -0.1) is 11.3 Å². The summed E-state index contributed by atoms with van der Waals surface area (Å²) < 4.78 is 0. The summed E-state index contributed by atoms with van der Waals surface area (Å²) in [5.41, 5.74) is 0. The topological polar surface area (TPSA) is 46.2 Å². The second kappa shape index (κ2) is 5.66. The highest BCUT2D eigenvalue weighted by Gasteiger charge is 2.09. The van der Waals surface area contributed by atoms with Crippen LogP contribution in [0.3, 0.4) is 0 Å². The Balaban J connectivity index is 2.32. The van der Waals surface area contributed by atoms with Gasteiger partial charge in [0, 0.05) is 6.42 Å². The van der Waals surface area contributed by atoms with Crippen LogP contribution >= 0.6 is 11.3 Å². The van der Waals surface area contributed by atoms with E-state index in [1.165, 1.54) is 11.3 Å². The van der Waals surface area contributed by atoms with E-state index in [2.05, 4.69) is 5.32 Å². The molecule has 0 spiro atoms. The maximum absolute atomic E-state index is 11.5. The standard InChI is InChI=1S/C11H15NO2S/c1-8(2)6-11(14)12-7-9(13)10-4-3-5-15-10/h3-5,8H,6-7H2,1-2H3,(H,12,14). The molecule has 15 heavy (non-hydrogen) atoms. The molecule has 1 N–H and O–H groups in total. The quantitative estimate of drug-likeness (QED) is 0.780. The van der Waals surface area contributed by atoms with Crippen LogP contribution in [0.2, 0.25) is 0 Å². The zero-order valence-electron chi connectivity index (χ0n) is 8.95. The molecule has 0 aliphatic heterocycles. The van der Waals surface area contributed by atoms with Crippen LogP contribution in [0.5, 0.6) is 0 Å². The first-order valence-electron chi connectivity index (χ1n) is 4.93. The molecule has 0 fully saturated rings. The average Bonchev–Trinajstić information content (AvgIpc) is 2.65. The molecule has 1 aromatic heterocycles. The van der Waals surface area contributed by atoms with Crippen LogP contribution in [0.4, 0.5) is 0 Å². The Bertz CT molecular complexity index is 330. The van der Waals surface area contributed by atoms with Gasteiger partial charge >= 0.3 is 0 Å². The van der Waals surface area contributed by atoms with Gasteiger partial charge in [-0.05, 0) is 17.4 Å². The molecule has 82 valence electrons. The van der Waals surface area contributed by atoms with Crippen molar-refractivity contribution in [1.29, 1.82) is 0 Å². The number of hydrogen-bond acceptors (Lipinski definition) is 3. The molecule has 0 aliphatic rings. The van der Waals surface area contributed by atoms with E-state index >= 15 is 0 Å². The lowest BCUT2D eigenvalue weighted by atomic mass is 10.1. The highest BCUT2D eigenvalue weighted by Crippen LogP contribution is 2.08. The number of carbonyl (C=O) groups is 2. The number of thiophene rings is 1. The minimum atomic E-state index is -0.0603. The lowest BCUT2D eigenvalue weighted by Crippen LogP contribution is -2.29. The second-order valence-corrected chi connectivity index (χ2v) is 4.72. The number of carbonyl (C=O) groups excluding carboxylic acids is 2. The molecule has 0 aromatic carbocycles. The average molecular weight is 225 g/mol. The lowest BCUT2D eigenvalue weighted by Gasteiger charge is -2.05. The maximum Gasteiger partial charge on any atom is 0.220 e. The van der Waals surface area contributed by atoms with E-state index in [0.29, 0.717) is 17.2 Å². The van der Waals surface area contributed by atoms with Crippen LogP contribution in [-0.2, 0) is 4.79 Å². The molecular weight excluding hydrogens is 210 g/mol. The third-order valence-corrected chi connectivity index (χ3v) is 2.75. The van der Waals surface area contributed by atoms with Crippen molar-refractivity contribution in [2.75, 3.05) is 6.54 Å². The zero-order chi connectivity index (χ0) is 11.3. The minimum absolute atomic E-state index is 0.0258. The van der Waals surface area contributed by atoms with Crippen LogP contribution < -0.4 is 5.32 Å². The van der Waals surface area contributed by atoms with Gasteiger partial charge in [0.05, 0.1) is 11.4 Å². The van der Waals surface area contributed by atoms with Gasteiger partial charge < -0.3 is 5.32 Å². The summed E-state index contributed by atoms with van der Waals surface area (Å²) in [5.74, 6) is 0.235. The predicted molar refractivity (Wildman–Crippen MR) is 61.1 cm³/mol. The first kappa shape index (κ1) is 11.9. The highest BCUT2D eigenvalue weighted by atomic mass is 32.1. The first-order valence-corrected chi connectivity index (χ1v) is 5.81. The smallest absolute Gasteiger partial charge is 0.220 e. The van der Waals surface area contributed by atoms with Crippen molar-refractivity contribution in [3.63, 3.8) is 0 Å². The van der Waals surface area contributed by atoms with E-state index in [-0.39, 0.29) is 18.2 Å². The SMILES string of the molecule is CC(C)CC(=O)NCC(=O)c1cccs1. The summed E-state index contributed by atoms with van der Waals surface area (Å²) in [4.78, 5) is 23.5. The molecule has 0 aliphatic carbocycles. The summed E-state index contributed by atoms with van der Waals surface area (Å²) >= 11 is 1.40. The maximum atomic E-state index is 11.5. The molecule has 0 saturated carbocycles. The Morgan fingerprint density at radius 3 is 2.73 bits per heavy atom. The van der Waals surface area contributed by atoms with E-state index in [1.54, 1.807) is 6.07 Å².